The topological polar surface area (TPSA) is 65.1 Å². The Labute approximate surface area is 173 Å². The van der Waals surface area contributed by atoms with Gasteiger partial charge in [-0.05, 0) is 48.0 Å². The number of hydroxylamine groups is 1. The van der Waals surface area contributed by atoms with Gasteiger partial charge >= 0.3 is 12.1 Å². The molecule has 0 N–H and O–H groups in total. The highest BCUT2D eigenvalue weighted by atomic mass is 28.4. The maximum atomic E-state index is 12.9. The normalized spacial score (nSPS) is 11.7. The number of nitrogens with zero attached hydrogens (tertiary/aromatic N) is 1. The first kappa shape index (κ1) is 22.6. The first-order valence-corrected chi connectivity index (χ1v) is 12.3. The zero-order valence-corrected chi connectivity index (χ0v) is 18.9. The van der Waals surface area contributed by atoms with Crippen LogP contribution in [0.5, 0.6) is 0 Å². The summed E-state index contributed by atoms with van der Waals surface area (Å²) >= 11 is 0. The number of carbonyl (C=O) groups excluding carboxylic acids is 2. The fourth-order valence-electron chi connectivity index (χ4n) is 2.19. The van der Waals surface area contributed by atoms with Crippen molar-refractivity contribution in [3.05, 3.63) is 65.7 Å². The Bertz CT molecular complexity index is 829. The molecule has 0 aliphatic carbocycles. The summed E-state index contributed by atoms with van der Waals surface area (Å²) in [6, 6.07) is 15.9. The molecular weight excluding hydrogens is 386 g/mol. The Morgan fingerprint density at radius 3 is 2.07 bits per heavy atom. The Morgan fingerprint density at radius 2 is 1.55 bits per heavy atom. The van der Waals surface area contributed by atoms with Crippen molar-refractivity contribution in [3.8, 4) is 0 Å². The molecule has 2 rings (SSSR count). The number of hydrogen-bond acceptors (Lipinski definition) is 5. The largest absolute Gasteiger partial charge is 0.465 e. The van der Waals surface area contributed by atoms with Gasteiger partial charge in [0, 0.05) is 0 Å². The second kappa shape index (κ2) is 9.24. The van der Waals surface area contributed by atoms with Crippen LogP contribution in [-0.4, -0.2) is 27.5 Å². The molecule has 0 atom stereocenters. The van der Waals surface area contributed by atoms with Gasteiger partial charge in [-0.15, -0.1) is 0 Å². The monoisotopic (exact) mass is 415 g/mol. The first-order chi connectivity index (χ1) is 13.5. The predicted octanol–water partition coefficient (Wildman–Crippen LogP) is 5.55. The molecule has 0 fully saturated rings. The predicted molar refractivity (Wildman–Crippen MR) is 115 cm³/mol. The summed E-state index contributed by atoms with van der Waals surface area (Å²) in [6.45, 7) is 10.5. The zero-order chi connectivity index (χ0) is 21.7. The number of carbonyl (C=O) groups is 2. The molecule has 0 aliphatic rings. The Kier molecular flexibility index (Phi) is 7.21. The molecule has 7 heteroatoms. The highest BCUT2D eigenvalue weighted by Crippen LogP contribution is 2.38. The fraction of sp³-hybridized carbons (Fsp3) is 0.364. The smallest absolute Gasteiger partial charge is 0.438 e. The van der Waals surface area contributed by atoms with E-state index in [0.717, 1.165) is 5.56 Å². The highest BCUT2D eigenvalue weighted by Gasteiger charge is 2.41. The molecule has 6 nitrogen and oxygen atoms in total. The van der Waals surface area contributed by atoms with E-state index < -0.39 is 20.4 Å². The van der Waals surface area contributed by atoms with Gasteiger partial charge in [0.15, 0.2) is 0 Å². The van der Waals surface area contributed by atoms with E-state index in [-0.39, 0.29) is 11.6 Å². The summed E-state index contributed by atoms with van der Waals surface area (Å²) in [5.41, 5.74) is 1.76. The zero-order valence-electron chi connectivity index (χ0n) is 17.9. The number of amides is 1. The molecule has 0 unspecified atom stereocenters. The van der Waals surface area contributed by atoms with Crippen molar-refractivity contribution in [3.63, 3.8) is 0 Å². The van der Waals surface area contributed by atoms with E-state index in [1.54, 1.807) is 24.3 Å². The third-order valence-corrected chi connectivity index (χ3v) is 9.27. The lowest BCUT2D eigenvalue weighted by Gasteiger charge is -2.39. The van der Waals surface area contributed by atoms with Crippen molar-refractivity contribution in [2.75, 3.05) is 12.2 Å². The summed E-state index contributed by atoms with van der Waals surface area (Å²) in [6.07, 6.45) is -0.607. The SMILES string of the molecule is COC(=O)c1ccc(N(O[Si](C)(C)C(C)(C)C)C(=O)OCc2ccccc2)cc1. The van der Waals surface area contributed by atoms with Gasteiger partial charge in [-0.2, -0.15) is 5.06 Å². The van der Waals surface area contributed by atoms with Gasteiger partial charge in [0.2, 0.25) is 8.32 Å². The average Bonchev–Trinajstić information content (AvgIpc) is 2.69. The van der Waals surface area contributed by atoms with E-state index in [1.165, 1.54) is 12.2 Å². The number of esters is 1. The Hall–Kier alpha value is -2.64. The molecule has 0 saturated carbocycles. The second-order valence-corrected chi connectivity index (χ2v) is 12.9. The minimum absolute atomic E-state index is 0.114. The lowest BCUT2D eigenvalue weighted by molar-refractivity contribution is 0.0600. The minimum atomic E-state index is -2.33. The van der Waals surface area contributed by atoms with E-state index in [2.05, 4.69) is 20.8 Å². The van der Waals surface area contributed by atoms with Crippen molar-refractivity contribution in [2.45, 2.75) is 45.5 Å². The number of methoxy groups -OCH3 is 1. The van der Waals surface area contributed by atoms with Gasteiger partial charge in [-0.25, -0.2) is 9.59 Å². The van der Waals surface area contributed by atoms with Gasteiger partial charge in [0.25, 0.3) is 0 Å². The van der Waals surface area contributed by atoms with Crippen LogP contribution < -0.4 is 5.06 Å². The number of benzene rings is 2. The summed E-state index contributed by atoms with van der Waals surface area (Å²) in [7, 11) is -1.01. The standard InChI is InChI=1S/C22H29NO5Si/c1-22(2,3)29(5,6)28-23(19-14-12-18(13-15-19)20(24)26-4)21(25)27-16-17-10-8-7-9-11-17/h7-15H,16H2,1-6H3. The lowest BCUT2D eigenvalue weighted by Crippen LogP contribution is -2.49. The van der Waals surface area contributed by atoms with E-state index in [1.807, 2.05) is 43.4 Å². The molecule has 29 heavy (non-hydrogen) atoms. The van der Waals surface area contributed by atoms with Gasteiger partial charge < -0.3 is 14.0 Å². The van der Waals surface area contributed by atoms with Gasteiger partial charge in [-0.1, -0.05) is 51.1 Å². The Morgan fingerprint density at radius 1 is 0.966 bits per heavy atom. The third kappa shape index (κ3) is 5.92. The lowest BCUT2D eigenvalue weighted by atomic mass is 10.2. The molecule has 0 aromatic heterocycles. The summed E-state index contributed by atoms with van der Waals surface area (Å²) in [5.74, 6) is -0.444. The van der Waals surface area contributed by atoms with Crippen LogP contribution in [0.2, 0.25) is 18.1 Å². The van der Waals surface area contributed by atoms with Crippen LogP contribution in [0.25, 0.3) is 0 Å². The van der Waals surface area contributed by atoms with Crippen molar-refractivity contribution >= 4 is 26.1 Å². The number of ether oxygens (including phenoxy) is 2. The molecule has 2 aromatic rings. The van der Waals surface area contributed by atoms with E-state index in [9.17, 15) is 9.59 Å². The van der Waals surface area contributed by atoms with E-state index in [0.29, 0.717) is 11.3 Å². The fourth-order valence-corrected chi connectivity index (χ4v) is 3.10. The van der Waals surface area contributed by atoms with Crippen LogP contribution in [-0.2, 0) is 20.6 Å². The van der Waals surface area contributed by atoms with Crippen LogP contribution in [0.3, 0.4) is 0 Å². The number of rotatable bonds is 6. The number of anilines is 1. The molecule has 0 heterocycles. The van der Waals surface area contributed by atoms with Crippen LogP contribution in [0, 0.1) is 0 Å². The van der Waals surface area contributed by atoms with Gasteiger partial charge in [0.1, 0.15) is 6.61 Å². The van der Waals surface area contributed by atoms with Crippen molar-refractivity contribution < 1.29 is 23.6 Å². The van der Waals surface area contributed by atoms with E-state index in [4.69, 9.17) is 14.0 Å². The van der Waals surface area contributed by atoms with Crippen LogP contribution >= 0.6 is 0 Å². The molecule has 0 aliphatic heterocycles. The van der Waals surface area contributed by atoms with Crippen molar-refractivity contribution in [1.29, 1.82) is 0 Å². The molecule has 0 saturated heterocycles. The molecule has 1 amide bonds. The molecule has 156 valence electrons. The molecule has 2 aromatic carbocycles. The van der Waals surface area contributed by atoms with E-state index >= 15 is 0 Å². The van der Waals surface area contributed by atoms with Crippen LogP contribution in [0.1, 0.15) is 36.7 Å². The highest BCUT2D eigenvalue weighted by molar-refractivity contribution is 6.74. The van der Waals surface area contributed by atoms with Gasteiger partial charge in [-0.3, -0.25) is 0 Å². The molecule has 0 bridgehead atoms. The van der Waals surface area contributed by atoms with Crippen LogP contribution in [0.4, 0.5) is 10.5 Å². The second-order valence-electron chi connectivity index (χ2n) is 8.22. The average molecular weight is 416 g/mol. The molecule has 0 radical (unpaired) electrons. The van der Waals surface area contributed by atoms with Crippen molar-refractivity contribution in [2.24, 2.45) is 0 Å². The molecular formula is C22H29NO5Si. The number of hydrogen-bond donors (Lipinski definition) is 0. The summed E-state index contributed by atoms with van der Waals surface area (Å²) in [5, 5.41) is 1.08. The van der Waals surface area contributed by atoms with Crippen LogP contribution in [0.15, 0.2) is 54.6 Å². The maximum absolute atomic E-state index is 12.9. The Balaban J connectivity index is 2.27. The quantitative estimate of drug-likeness (QED) is 0.351. The maximum Gasteiger partial charge on any atom is 0.438 e. The van der Waals surface area contributed by atoms with Gasteiger partial charge in [0.05, 0.1) is 18.4 Å². The minimum Gasteiger partial charge on any atom is -0.465 e. The first-order valence-electron chi connectivity index (χ1n) is 9.43. The summed E-state index contributed by atoms with van der Waals surface area (Å²) < 4.78 is 16.5. The third-order valence-electron chi connectivity index (χ3n) is 5.02. The molecule has 0 spiro atoms. The summed E-state index contributed by atoms with van der Waals surface area (Å²) in [4.78, 5) is 24.6. The van der Waals surface area contributed by atoms with Crippen molar-refractivity contribution in [1.82, 2.24) is 0 Å².